The Hall–Kier alpha value is -2.38. The van der Waals surface area contributed by atoms with Crippen LogP contribution in [0.5, 0.6) is 0 Å². The highest BCUT2D eigenvalue weighted by Crippen LogP contribution is 2.29. The predicted octanol–water partition coefficient (Wildman–Crippen LogP) is 2.50. The molecular weight excluding hydrogens is 448 g/mol. The third-order valence-corrected chi connectivity index (χ3v) is 7.24. The third-order valence-electron chi connectivity index (χ3n) is 7.24. The first-order chi connectivity index (χ1) is 16.9. The van der Waals surface area contributed by atoms with E-state index in [4.69, 9.17) is 14.5 Å². The van der Waals surface area contributed by atoms with Crippen molar-refractivity contribution in [3.8, 4) is 6.07 Å². The van der Waals surface area contributed by atoms with Gasteiger partial charge in [0.25, 0.3) is 0 Å². The highest BCUT2D eigenvalue weighted by Gasteiger charge is 2.38. The standard InChI is InChI=1S/C25H42N6O4.H2/c1-3-15-35-24(33)28-23(31-13-16-34-17-14-31)27-21(18-20-7-5-4-6-8-20)22(32)29-25(19-26)9-11-30(2)12-10-25;/h20-21H,3-18H2,1-2H3,(H,29,32)(H,27,28,33);1H/t21-;/m0./s1. The van der Waals surface area contributed by atoms with Gasteiger partial charge in [-0.3, -0.25) is 10.1 Å². The lowest BCUT2D eigenvalue weighted by Gasteiger charge is -2.37. The summed E-state index contributed by atoms with van der Waals surface area (Å²) in [6.07, 6.45) is 7.63. The number of guanidine groups is 1. The van der Waals surface area contributed by atoms with E-state index in [0.717, 1.165) is 45.2 Å². The molecule has 0 spiro atoms. The Morgan fingerprint density at radius 2 is 1.89 bits per heavy atom. The zero-order valence-corrected chi connectivity index (χ0v) is 21.4. The van der Waals surface area contributed by atoms with Crippen LogP contribution in [0.15, 0.2) is 4.99 Å². The molecule has 1 saturated carbocycles. The number of hydrogen-bond donors (Lipinski definition) is 2. The van der Waals surface area contributed by atoms with E-state index in [2.05, 4.69) is 21.6 Å². The molecular formula is C25H44N6O4. The summed E-state index contributed by atoms with van der Waals surface area (Å²) < 4.78 is 10.7. The SMILES string of the molecule is CCCOC(=O)NC(=N[C@@H](CC1CCCCC1)C(=O)NC1(C#N)CCN(C)CC1)N1CCOCC1.[HH]. The molecule has 2 amide bonds. The van der Waals surface area contributed by atoms with E-state index in [1.807, 2.05) is 18.9 Å². The molecule has 35 heavy (non-hydrogen) atoms. The molecule has 2 heterocycles. The minimum atomic E-state index is -0.878. The summed E-state index contributed by atoms with van der Waals surface area (Å²) in [5.74, 6) is 0.507. The average molecular weight is 493 g/mol. The first-order valence-corrected chi connectivity index (χ1v) is 13.2. The summed E-state index contributed by atoms with van der Waals surface area (Å²) in [5.41, 5.74) is -0.878. The molecule has 2 aliphatic heterocycles. The van der Waals surface area contributed by atoms with Gasteiger partial charge in [0.2, 0.25) is 11.9 Å². The number of nitriles is 1. The first kappa shape index (κ1) is 27.2. The van der Waals surface area contributed by atoms with E-state index < -0.39 is 17.7 Å². The van der Waals surface area contributed by atoms with E-state index >= 15 is 0 Å². The average Bonchev–Trinajstić information content (AvgIpc) is 2.89. The van der Waals surface area contributed by atoms with Crippen LogP contribution in [0.1, 0.15) is 66.1 Å². The van der Waals surface area contributed by atoms with Crippen LogP contribution >= 0.6 is 0 Å². The van der Waals surface area contributed by atoms with Gasteiger partial charge >= 0.3 is 6.09 Å². The van der Waals surface area contributed by atoms with Gasteiger partial charge in [-0.15, -0.1) is 0 Å². The second-order valence-corrected chi connectivity index (χ2v) is 10.1. The maximum absolute atomic E-state index is 13.6. The quantitative estimate of drug-likeness (QED) is 0.414. The normalized spacial score (nSPS) is 22.7. The lowest BCUT2D eigenvalue weighted by Crippen LogP contribution is -2.56. The minimum absolute atomic E-state index is 0. The Kier molecular flexibility index (Phi) is 10.6. The number of ether oxygens (including phenoxy) is 2. The minimum Gasteiger partial charge on any atom is -0.449 e. The van der Waals surface area contributed by atoms with Gasteiger partial charge in [0.05, 0.1) is 25.9 Å². The van der Waals surface area contributed by atoms with Crippen LogP contribution in [0.25, 0.3) is 0 Å². The van der Waals surface area contributed by atoms with Crippen molar-refractivity contribution in [2.75, 3.05) is 53.0 Å². The molecule has 0 aromatic carbocycles. The summed E-state index contributed by atoms with van der Waals surface area (Å²) in [7, 11) is 2.02. The van der Waals surface area contributed by atoms with Crippen LogP contribution in [0.4, 0.5) is 4.79 Å². The monoisotopic (exact) mass is 492 g/mol. The van der Waals surface area contributed by atoms with Crippen LogP contribution in [0.2, 0.25) is 0 Å². The van der Waals surface area contributed by atoms with Crippen molar-refractivity contribution in [1.82, 2.24) is 20.4 Å². The lowest BCUT2D eigenvalue weighted by molar-refractivity contribution is -0.124. The molecule has 2 saturated heterocycles. The van der Waals surface area contributed by atoms with Crippen molar-refractivity contribution in [3.05, 3.63) is 0 Å². The van der Waals surface area contributed by atoms with Crippen LogP contribution in [0, 0.1) is 17.2 Å². The van der Waals surface area contributed by atoms with E-state index in [1.54, 1.807) is 0 Å². The Morgan fingerprint density at radius 3 is 2.51 bits per heavy atom. The molecule has 2 N–H and O–H groups in total. The van der Waals surface area contributed by atoms with Gasteiger partial charge in [-0.2, -0.15) is 5.26 Å². The molecule has 0 radical (unpaired) electrons. The number of carbonyl (C=O) groups excluding carboxylic acids is 2. The van der Waals surface area contributed by atoms with Gasteiger partial charge in [0.15, 0.2) is 0 Å². The topological polar surface area (TPSA) is 119 Å². The summed E-state index contributed by atoms with van der Waals surface area (Å²) >= 11 is 0. The summed E-state index contributed by atoms with van der Waals surface area (Å²) in [6.45, 7) is 5.95. The smallest absolute Gasteiger partial charge is 0.413 e. The molecule has 3 aliphatic rings. The van der Waals surface area contributed by atoms with Crippen molar-refractivity contribution in [2.24, 2.45) is 10.9 Å². The lowest BCUT2D eigenvalue weighted by atomic mass is 9.84. The van der Waals surface area contributed by atoms with Crippen LogP contribution in [-0.2, 0) is 14.3 Å². The van der Waals surface area contributed by atoms with Gasteiger partial charge < -0.3 is 24.6 Å². The number of aliphatic imine (C=N–C) groups is 1. The maximum Gasteiger partial charge on any atom is 0.413 e. The second-order valence-electron chi connectivity index (χ2n) is 10.1. The van der Waals surface area contributed by atoms with E-state index in [-0.39, 0.29) is 7.33 Å². The molecule has 1 atom stereocenters. The molecule has 10 nitrogen and oxygen atoms in total. The molecule has 3 fully saturated rings. The number of hydrogen-bond acceptors (Lipinski definition) is 7. The number of morpholine rings is 1. The van der Waals surface area contributed by atoms with E-state index in [9.17, 15) is 14.9 Å². The molecule has 1 aliphatic carbocycles. The number of piperidine rings is 1. The fourth-order valence-electron chi connectivity index (χ4n) is 4.98. The number of carbonyl (C=O) groups is 2. The second kappa shape index (κ2) is 13.6. The fraction of sp³-hybridized carbons (Fsp3) is 0.840. The van der Waals surface area contributed by atoms with Crippen molar-refractivity contribution >= 4 is 18.0 Å². The summed E-state index contributed by atoms with van der Waals surface area (Å²) in [4.78, 5) is 35.0. The van der Waals surface area contributed by atoms with Gasteiger partial charge in [-0.25, -0.2) is 9.79 Å². The Balaban J connectivity index is 0.00000456. The van der Waals surface area contributed by atoms with E-state index in [0.29, 0.717) is 64.1 Å². The van der Waals surface area contributed by atoms with Crippen LogP contribution < -0.4 is 10.6 Å². The van der Waals surface area contributed by atoms with Gasteiger partial charge in [-0.05, 0) is 38.6 Å². The number of amides is 2. The first-order valence-electron chi connectivity index (χ1n) is 13.2. The largest absolute Gasteiger partial charge is 0.449 e. The fourth-order valence-corrected chi connectivity index (χ4v) is 4.98. The zero-order valence-electron chi connectivity index (χ0n) is 21.4. The van der Waals surface area contributed by atoms with Crippen molar-refractivity contribution in [2.45, 2.75) is 76.3 Å². The number of nitrogens with zero attached hydrogens (tertiary/aromatic N) is 4. The third kappa shape index (κ3) is 8.36. The van der Waals surface area contributed by atoms with Gasteiger partial charge in [0, 0.05) is 27.6 Å². The Morgan fingerprint density at radius 1 is 1.20 bits per heavy atom. The molecule has 0 aromatic rings. The summed E-state index contributed by atoms with van der Waals surface area (Å²) in [5, 5.41) is 15.8. The van der Waals surface area contributed by atoms with Crippen molar-refractivity contribution < 1.29 is 20.5 Å². The molecule has 0 aromatic heterocycles. The molecule has 3 rings (SSSR count). The van der Waals surface area contributed by atoms with E-state index in [1.165, 1.54) is 6.42 Å². The molecule has 198 valence electrons. The Bertz CT molecular complexity index is 769. The summed E-state index contributed by atoms with van der Waals surface area (Å²) in [6, 6.07) is 1.69. The van der Waals surface area contributed by atoms with Crippen LogP contribution in [0.3, 0.4) is 0 Å². The van der Waals surface area contributed by atoms with Crippen molar-refractivity contribution in [1.29, 1.82) is 5.26 Å². The highest BCUT2D eigenvalue weighted by atomic mass is 16.5. The number of likely N-dealkylation sites (tertiary alicyclic amines) is 1. The predicted molar refractivity (Wildman–Crippen MR) is 135 cm³/mol. The maximum atomic E-state index is 13.6. The highest BCUT2D eigenvalue weighted by molar-refractivity contribution is 5.96. The molecule has 0 bridgehead atoms. The number of nitrogens with one attached hydrogen (secondary N) is 2. The molecule has 0 unspecified atom stereocenters. The molecule has 10 heteroatoms. The van der Waals surface area contributed by atoms with Crippen molar-refractivity contribution in [3.63, 3.8) is 0 Å². The van der Waals surface area contributed by atoms with Gasteiger partial charge in [-0.1, -0.05) is 39.0 Å². The van der Waals surface area contributed by atoms with Crippen LogP contribution in [-0.4, -0.2) is 92.4 Å². The zero-order chi connectivity index (χ0) is 25.1. The number of alkyl carbamates (subject to hydrolysis) is 1. The Labute approximate surface area is 210 Å². The van der Waals surface area contributed by atoms with Gasteiger partial charge in [0.1, 0.15) is 11.6 Å². The number of rotatable bonds is 7.